The van der Waals surface area contributed by atoms with Gasteiger partial charge < -0.3 is 5.73 Å². The normalized spacial score (nSPS) is 12.1. The minimum atomic E-state index is -0.461. The summed E-state index contributed by atoms with van der Waals surface area (Å²) in [4.78, 5) is 12.9. The van der Waals surface area contributed by atoms with Gasteiger partial charge in [-0.05, 0) is 24.1 Å². The van der Waals surface area contributed by atoms with Crippen LogP contribution in [-0.2, 0) is 11.2 Å². The molecule has 2 N–H and O–H groups in total. The average Bonchev–Trinajstić information content (AvgIpc) is 2.41. The Morgan fingerprint density at radius 3 is 2.17 bits per heavy atom. The summed E-state index contributed by atoms with van der Waals surface area (Å²) >= 11 is 1.21. The van der Waals surface area contributed by atoms with Crippen LogP contribution in [0, 0.1) is 0 Å². The molecule has 0 saturated carbocycles. The summed E-state index contributed by atoms with van der Waals surface area (Å²) in [6, 6.07) is 19.0. The molecule has 0 aliphatic carbocycles. The van der Waals surface area contributed by atoms with Crippen molar-refractivity contribution in [2.75, 3.05) is 0 Å². The average molecular weight is 257 g/mol. The van der Waals surface area contributed by atoms with E-state index in [2.05, 4.69) is 0 Å². The zero-order valence-electron chi connectivity index (χ0n) is 9.95. The van der Waals surface area contributed by atoms with Gasteiger partial charge in [-0.3, -0.25) is 4.79 Å². The molecule has 2 aromatic carbocycles. The van der Waals surface area contributed by atoms with Crippen LogP contribution in [0.15, 0.2) is 65.6 Å². The predicted molar refractivity (Wildman–Crippen MR) is 75.4 cm³/mol. The molecular formula is C15H15NOS. The molecule has 0 amide bonds. The van der Waals surface area contributed by atoms with Gasteiger partial charge >= 0.3 is 0 Å². The Morgan fingerprint density at radius 2 is 1.56 bits per heavy atom. The van der Waals surface area contributed by atoms with Gasteiger partial charge in [0.2, 0.25) is 5.12 Å². The van der Waals surface area contributed by atoms with Gasteiger partial charge in [0, 0.05) is 4.90 Å². The van der Waals surface area contributed by atoms with E-state index >= 15 is 0 Å². The topological polar surface area (TPSA) is 43.1 Å². The van der Waals surface area contributed by atoms with Crippen molar-refractivity contribution in [3.05, 3.63) is 66.2 Å². The van der Waals surface area contributed by atoms with Crippen molar-refractivity contribution >= 4 is 16.9 Å². The molecule has 92 valence electrons. The third-order valence-electron chi connectivity index (χ3n) is 2.56. The van der Waals surface area contributed by atoms with Crippen LogP contribution < -0.4 is 5.73 Å². The quantitative estimate of drug-likeness (QED) is 0.856. The number of rotatable bonds is 4. The zero-order valence-corrected chi connectivity index (χ0v) is 10.8. The summed E-state index contributed by atoms with van der Waals surface area (Å²) in [5.74, 6) is 0. The lowest BCUT2D eigenvalue weighted by atomic mass is 10.1. The Balaban J connectivity index is 1.93. The summed E-state index contributed by atoms with van der Waals surface area (Å²) in [6.45, 7) is 0. The van der Waals surface area contributed by atoms with E-state index in [1.807, 2.05) is 60.7 Å². The first kappa shape index (κ1) is 12.9. The maximum Gasteiger partial charge on any atom is 0.210 e. The Kier molecular flexibility index (Phi) is 4.56. The van der Waals surface area contributed by atoms with Gasteiger partial charge in [-0.15, -0.1) is 0 Å². The Morgan fingerprint density at radius 1 is 1.00 bits per heavy atom. The van der Waals surface area contributed by atoms with Gasteiger partial charge in [-0.25, -0.2) is 0 Å². The molecule has 0 aliphatic heterocycles. The highest BCUT2D eigenvalue weighted by atomic mass is 32.2. The number of hydrogen-bond acceptors (Lipinski definition) is 3. The smallest absolute Gasteiger partial charge is 0.210 e. The Labute approximate surface area is 111 Å². The van der Waals surface area contributed by atoms with Crippen LogP contribution in [0.25, 0.3) is 0 Å². The van der Waals surface area contributed by atoms with Crippen molar-refractivity contribution < 1.29 is 4.79 Å². The lowest BCUT2D eigenvalue weighted by Gasteiger charge is -2.09. The molecule has 0 fully saturated rings. The Bertz CT molecular complexity index is 498. The van der Waals surface area contributed by atoms with E-state index in [1.54, 1.807) is 0 Å². The van der Waals surface area contributed by atoms with Gasteiger partial charge in [-0.1, -0.05) is 60.3 Å². The number of carbonyl (C=O) groups is 1. The highest BCUT2D eigenvalue weighted by molar-refractivity contribution is 8.13. The van der Waals surface area contributed by atoms with Gasteiger partial charge in [0.15, 0.2) is 0 Å². The molecule has 0 saturated heterocycles. The van der Waals surface area contributed by atoms with E-state index < -0.39 is 6.04 Å². The third-order valence-corrected chi connectivity index (χ3v) is 3.57. The number of carbonyl (C=O) groups excluding carboxylic acids is 1. The van der Waals surface area contributed by atoms with Gasteiger partial charge in [0.05, 0.1) is 6.04 Å². The van der Waals surface area contributed by atoms with Crippen molar-refractivity contribution in [2.24, 2.45) is 5.73 Å². The first-order chi connectivity index (χ1) is 8.75. The van der Waals surface area contributed by atoms with Crippen molar-refractivity contribution in [3.8, 4) is 0 Å². The molecule has 0 aromatic heterocycles. The second kappa shape index (κ2) is 6.38. The van der Waals surface area contributed by atoms with Crippen LogP contribution in [0.4, 0.5) is 0 Å². The first-order valence-electron chi connectivity index (χ1n) is 5.82. The fourth-order valence-electron chi connectivity index (χ4n) is 1.63. The van der Waals surface area contributed by atoms with Gasteiger partial charge in [-0.2, -0.15) is 0 Å². The second-order valence-corrected chi connectivity index (χ2v) is 5.11. The number of benzene rings is 2. The van der Waals surface area contributed by atoms with Crippen LogP contribution in [0.2, 0.25) is 0 Å². The highest BCUT2D eigenvalue weighted by Gasteiger charge is 2.15. The maximum absolute atomic E-state index is 12.0. The van der Waals surface area contributed by atoms with E-state index in [4.69, 9.17) is 5.73 Å². The van der Waals surface area contributed by atoms with E-state index in [0.717, 1.165) is 10.5 Å². The Hall–Kier alpha value is -1.58. The van der Waals surface area contributed by atoms with Crippen molar-refractivity contribution in [2.45, 2.75) is 17.4 Å². The molecular weight excluding hydrogens is 242 g/mol. The monoisotopic (exact) mass is 257 g/mol. The van der Waals surface area contributed by atoms with Crippen LogP contribution in [-0.4, -0.2) is 11.2 Å². The summed E-state index contributed by atoms with van der Waals surface area (Å²) in [5.41, 5.74) is 7.02. The molecule has 3 heteroatoms. The second-order valence-electron chi connectivity index (χ2n) is 4.03. The van der Waals surface area contributed by atoms with Crippen molar-refractivity contribution in [1.82, 2.24) is 0 Å². The summed E-state index contributed by atoms with van der Waals surface area (Å²) in [6.07, 6.45) is 0.583. The fourth-order valence-corrected chi connectivity index (χ4v) is 2.39. The van der Waals surface area contributed by atoms with E-state index in [9.17, 15) is 4.79 Å². The van der Waals surface area contributed by atoms with E-state index in [0.29, 0.717) is 6.42 Å². The van der Waals surface area contributed by atoms with Crippen molar-refractivity contribution in [1.29, 1.82) is 0 Å². The van der Waals surface area contributed by atoms with E-state index in [1.165, 1.54) is 11.8 Å². The molecule has 18 heavy (non-hydrogen) atoms. The molecule has 0 aliphatic rings. The number of nitrogens with two attached hydrogens (primary N) is 1. The summed E-state index contributed by atoms with van der Waals surface area (Å²) < 4.78 is 0. The molecule has 2 nitrogen and oxygen atoms in total. The van der Waals surface area contributed by atoms with E-state index in [-0.39, 0.29) is 5.12 Å². The van der Waals surface area contributed by atoms with Crippen molar-refractivity contribution in [3.63, 3.8) is 0 Å². The van der Waals surface area contributed by atoms with Crippen LogP contribution in [0.1, 0.15) is 5.56 Å². The molecule has 2 rings (SSSR count). The molecule has 0 heterocycles. The summed E-state index contributed by atoms with van der Waals surface area (Å²) in [5, 5.41) is 0.00468. The number of thioether (sulfide) groups is 1. The molecule has 0 radical (unpaired) electrons. The summed E-state index contributed by atoms with van der Waals surface area (Å²) in [7, 11) is 0. The minimum absolute atomic E-state index is 0.00468. The van der Waals surface area contributed by atoms with Crippen LogP contribution in [0.5, 0.6) is 0 Å². The van der Waals surface area contributed by atoms with Crippen LogP contribution in [0.3, 0.4) is 0 Å². The molecule has 1 atom stereocenters. The molecule has 0 unspecified atom stereocenters. The molecule has 2 aromatic rings. The molecule has 0 bridgehead atoms. The first-order valence-corrected chi connectivity index (χ1v) is 6.63. The minimum Gasteiger partial charge on any atom is -0.320 e. The highest BCUT2D eigenvalue weighted by Crippen LogP contribution is 2.20. The third kappa shape index (κ3) is 3.72. The maximum atomic E-state index is 12.0. The predicted octanol–water partition coefficient (Wildman–Crippen LogP) is 2.88. The standard InChI is InChI=1S/C15H15NOS/c16-14(11-12-7-3-1-4-8-12)15(17)18-13-9-5-2-6-10-13/h1-10,14H,11,16H2/t14-/m0/s1. The van der Waals surface area contributed by atoms with Gasteiger partial charge in [0.1, 0.15) is 0 Å². The SMILES string of the molecule is N[C@@H](Cc1ccccc1)C(=O)Sc1ccccc1. The lowest BCUT2D eigenvalue weighted by Crippen LogP contribution is -2.30. The lowest BCUT2D eigenvalue weighted by molar-refractivity contribution is -0.112. The number of hydrogen-bond donors (Lipinski definition) is 1. The van der Waals surface area contributed by atoms with Crippen LogP contribution >= 0.6 is 11.8 Å². The fraction of sp³-hybridized carbons (Fsp3) is 0.133. The molecule has 0 spiro atoms. The largest absolute Gasteiger partial charge is 0.320 e. The van der Waals surface area contributed by atoms with Gasteiger partial charge in [0.25, 0.3) is 0 Å². The zero-order chi connectivity index (χ0) is 12.8.